The molecule has 0 radical (unpaired) electrons. The summed E-state index contributed by atoms with van der Waals surface area (Å²) in [5.74, 6) is 0. The van der Waals surface area contributed by atoms with Gasteiger partial charge in [0.15, 0.2) is 0 Å². The van der Waals surface area contributed by atoms with Crippen molar-refractivity contribution in [3.8, 4) is 22.4 Å². The van der Waals surface area contributed by atoms with Gasteiger partial charge >= 0.3 is 0 Å². The van der Waals surface area contributed by atoms with Gasteiger partial charge in [-0.05, 0) is 37.1 Å². The minimum absolute atomic E-state index is 0.382. The minimum Gasteiger partial charge on any atom is -0.381 e. The van der Waals surface area contributed by atoms with Gasteiger partial charge in [-0.1, -0.05) is 29.3 Å². The molecule has 0 atom stereocenters. The van der Waals surface area contributed by atoms with Crippen LogP contribution in [0, 0.1) is 0 Å². The average Bonchev–Trinajstić information content (AvgIpc) is 3.47. The summed E-state index contributed by atoms with van der Waals surface area (Å²) >= 11 is 12.8. The summed E-state index contributed by atoms with van der Waals surface area (Å²) in [7, 11) is 0. The number of fused-ring (bicyclic) bond motifs is 3. The third kappa shape index (κ3) is 3.35. The van der Waals surface area contributed by atoms with E-state index in [4.69, 9.17) is 32.9 Å². The van der Waals surface area contributed by atoms with E-state index < -0.39 is 0 Å². The molecular weight excluding hydrogens is 445 g/mol. The van der Waals surface area contributed by atoms with Crippen molar-refractivity contribution in [2.24, 2.45) is 0 Å². The van der Waals surface area contributed by atoms with Gasteiger partial charge in [-0.15, -0.1) is 0 Å². The predicted octanol–water partition coefficient (Wildman–Crippen LogP) is 6.07. The molecule has 6 rings (SSSR count). The number of hydrogen-bond acceptors (Lipinski definition) is 4. The molecule has 1 aromatic carbocycles. The van der Waals surface area contributed by atoms with E-state index in [1.165, 1.54) is 0 Å². The van der Waals surface area contributed by atoms with Gasteiger partial charge in [-0.3, -0.25) is 9.67 Å². The van der Waals surface area contributed by atoms with Crippen LogP contribution < -0.4 is 0 Å². The molecule has 8 heteroatoms. The highest BCUT2D eigenvalue weighted by molar-refractivity contribution is 6.39. The molecule has 4 aromatic heterocycles. The molecule has 160 valence electrons. The first-order valence-electron chi connectivity index (χ1n) is 10.5. The van der Waals surface area contributed by atoms with Crippen molar-refractivity contribution >= 4 is 39.8 Å². The van der Waals surface area contributed by atoms with Crippen molar-refractivity contribution in [1.29, 1.82) is 0 Å². The Morgan fingerprint density at radius 2 is 1.78 bits per heavy atom. The van der Waals surface area contributed by atoms with E-state index >= 15 is 0 Å². The number of hydrogen-bond donors (Lipinski definition) is 0. The van der Waals surface area contributed by atoms with Gasteiger partial charge < -0.3 is 9.14 Å². The molecule has 32 heavy (non-hydrogen) atoms. The maximum absolute atomic E-state index is 6.42. The molecule has 0 spiro atoms. The number of benzene rings is 1. The first kappa shape index (κ1) is 19.7. The van der Waals surface area contributed by atoms with Crippen LogP contribution in [0.1, 0.15) is 18.9 Å². The van der Waals surface area contributed by atoms with E-state index in [1.807, 2.05) is 53.5 Å². The molecule has 0 saturated carbocycles. The lowest BCUT2D eigenvalue weighted by Crippen LogP contribution is -2.19. The van der Waals surface area contributed by atoms with Crippen LogP contribution in [-0.2, 0) is 4.74 Å². The van der Waals surface area contributed by atoms with E-state index in [2.05, 4.69) is 27.0 Å². The van der Waals surface area contributed by atoms with E-state index in [0.717, 1.165) is 65.0 Å². The van der Waals surface area contributed by atoms with Crippen molar-refractivity contribution in [3.05, 3.63) is 71.4 Å². The summed E-state index contributed by atoms with van der Waals surface area (Å²) in [5, 5.41) is 6.71. The fourth-order valence-corrected chi connectivity index (χ4v) is 4.89. The molecule has 1 aliphatic rings. The van der Waals surface area contributed by atoms with Gasteiger partial charge in [0, 0.05) is 60.1 Å². The molecular formula is C24H19Cl2N5O. The van der Waals surface area contributed by atoms with Gasteiger partial charge in [-0.2, -0.15) is 5.10 Å². The van der Waals surface area contributed by atoms with Crippen LogP contribution >= 0.6 is 23.2 Å². The smallest absolute Gasteiger partial charge is 0.146 e. The molecule has 0 bridgehead atoms. The Morgan fingerprint density at radius 1 is 0.969 bits per heavy atom. The number of imidazole rings is 1. The van der Waals surface area contributed by atoms with E-state index in [-0.39, 0.29) is 0 Å². The van der Waals surface area contributed by atoms with E-state index in [1.54, 1.807) is 0 Å². The number of ether oxygens (including phenoxy) is 1. The van der Waals surface area contributed by atoms with Crippen molar-refractivity contribution in [1.82, 2.24) is 24.1 Å². The fraction of sp³-hybridized carbons (Fsp3) is 0.208. The largest absolute Gasteiger partial charge is 0.381 e. The molecule has 0 N–H and O–H groups in total. The Labute approximate surface area is 194 Å². The Morgan fingerprint density at radius 3 is 2.59 bits per heavy atom. The molecule has 5 aromatic rings. The summed E-state index contributed by atoms with van der Waals surface area (Å²) in [5.41, 5.74) is 5.18. The quantitative estimate of drug-likeness (QED) is 0.325. The highest BCUT2D eigenvalue weighted by Crippen LogP contribution is 2.35. The summed E-state index contributed by atoms with van der Waals surface area (Å²) in [6, 6.07) is 9.95. The molecule has 0 aliphatic carbocycles. The van der Waals surface area contributed by atoms with Crippen LogP contribution in [0.25, 0.3) is 38.9 Å². The molecule has 1 aliphatic heterocycles. The zero-order valence-corrected chi connectivity index (χ0v) is 18.6. The van der Waals surface area contributed by atoms with Crippen molar-refractivity contribution in [2.45, 2.75) is 18.9 Å². The second-order valence-corrected chi connectivity index (χ2v) is 8.79. The second kappa shape index (κ2) is 7.89. The summed E-state index contributed by atoms with van der Waals surface area (Å²) in [6.45, 7) is 1.57. The highest BCUT2D eigenvalue weighted by Gasteiger charge is 2.18. The summed E-state index contributed by atoms with van der Waals surface area (Å²) in [6.07, 6.45) is 11.8. The molecule has 6 nitrogen and oxygen atoms in total. The topological polar surface area (TPSA) is 57.2 Å². The van der Waals surface area contributed by atoms with Crippen LogP contribution in [0.15, 0.2) is 61.3 Å². The van der Waals surface area contributed by atoms with Crippen molar-refractivity contribution in [2.75, 3.05) is 13.2 Å². The second-order valence-electron chi connectivity index (χ2n) is 7.98. The van der Waals surface area contributed by atoms with Crippen LogP contribution in [0.5, 0.6) is 0 Å². The first-order valence-corrected chi connectivity index (χ1v) is 11.3. The number of rotatable bonds is 3. The Balaban J connectivity index is 1.45. The van der Waals surface area contributed by atoms with E-state index in [0.29, 0.717) is 16.1 Å². The highest BCUT2D eigenvalue weighted by atomic mass is 35.5. The van der Waals surface area contributed by atoms with Gasteiger partial charge in [0.05, 0.1) is 33.5 Å². The lowest BCUT2D eigenvalue weighted by atomic mass is 10.1. The molecule has 5 heterocycles. The summed E-state index contributed by atoms with van der Waals surface area (Å²) in [4.78, 5) is 9.55. The van der Waals surface area contributed by atoms with Gasteiger partial charge in [0.25, 0.3) is 0 Å². The normalized spacial score (nSPS) is 15.1. The van der Waals surface area contributed by atoms with Gasteiger partial charge in [-0.25, -0.2) is 4.98 Å². The maximum Gasteiger partial charge on any atom is 0.146 e. The molecule has 0 amide bonds. The number of aromatic nitrogens is 5. The van der Waals surface area contributed by atoms with Crippen molar-refractivity contribution < 1.29 is 4.74 Å². The number of pyridine rings is 2. The third-order valence-electron chi connectivity index (χ3n) is 6.00. The number of nitrogens with zero attached hydrogens (tertiary/aromatic N) is 5. The molecule has 0 unspecified atom stereocenters. The zero-order valence-electron chi connectivity index (χ0n) is 17.1. The van der Waals surface area contributed by atoms with Crippen LogP contribution in [0.2, 0.25) is 10.0 Å². The maximum atomic E-state index is 6.42. The standard InChI is InChI=1S/C24H19Cl2N5O/c25-19-2-1-3-20(26)23(19)22-14-30-7-4-21-18(24(30)29-22)10-15(11-27-21)16-12-28-31(13-16)17-5-8-32-9-6-17/h1-4,7,10-14,17H,5-6,8-9H2. The summed E-state index contributed by atoms with van der Waals surface area (Å²) < 4.78 is 9.51. The predicted molar refractivity (Wildman–Crippen MR) is 126 cm³/mol. The Bertz CT molecular complexity index is 1430. The van der Waals surface area contributed by atoms with Gasteiger partial charge in [0.2, 0.25) is 0 Å². The lowest BCUT2D eigenvalue weighted by molar-refractivity contribution is 0.0662. The SMILES string of the molecule is Clc1cccc(Cl)c1-c1cn2ccc3ncc(-c4cnn(C5CCOCC5)c4)cc3c2n1. The first-order chi connectivity index (χ1) is 15.7. The van der Waals surface area contributed by atoms with Gasteiger partial charge in [0.1, 0.15) is 5.65 Å². The monoisotopic (exact) mass is 463 g/mol. The third-order valence-corrected chi connectivity index (χ3v) is 6.63. The van der Waals surface area contributed by atoms with Crippen molar-refractivity contribution in [3.63, 3.8) is 0 Å². The zero-order chi connectivity index (χ0) is 21.7. The van der Waals surface area contributed by atoms with Crippen LogP contribution in [0.3, 0.4) is 0 Å². The Kier molecular flexibility index (Phi) is 4.86. The Hall–Kier alpha value is -2.93. The average molecular weight is 464 g/mol. The fourth-order valence-electron chi connectivity index (χ4n) is 4.30. The van der Waals surface area contributed by atoms with Crippen LogP contribution in [-0.4, -0.2) is 37.4 Å². The minimum atomic E-state index is 0.382. The lowest BCUT2D eigenvalue weighted by Gasteiger charge is -2.22. The molecule has 1 fully saturated rings. The van der Waals surface area contributed by atoms with E-state index in [9.17, 15) is 0 Å². The van der Waals surface area contributed by atoms with Crippen LogP contribution in [0.4, 0.5) is 0 Å². The molecule has 1 saturated heterocycles. The number of halogens is 2.